The molecule has 0 aromatic heterocycles. The van der Waals surface area contributed by atoms with Gasteiger partial charge in [0.2, 0.25) is 0 Å². The van der Waals surface area contributed by atoms with Crippen LogP contribution in [0.25, 0.3) is 0 Å². The molecule has 0 N–H and O–H groups in total. The Morgan fingerprint density at radius 2 is 1.56 bits per heavy atom. The Balaban J connectivity index is 1.35. The Morgan fingerprint density at radius 1 is 0.930 bits per heavy atom. The SMILES string of the molecule is COc1cc2c(cc1OC)[C@]1(CC[C@H]3[C@H](CN(Cc4ccccc4)[C@H](C)c4ccccc4)[C@H]31)[C@H](O[Si](C)(C)C(C)(C)C)C2. The quantitative estimate of drug-likeness (QED) is 0.219. The number of methoxy groups -OCH3 is 2. The highest BCUT2D eigenvalue weighted by Gasteiger charge is 2.70. The van der Waals surface area contributed by atoms with Gasteiger partial charge in [0.25, 0.3) is 0 Å². The van der Waals surface area contributed by atoms with E-state index in [1.54, 1.807) is 14.2 Å². The van der Waals surface area contributed by atoms with Crippen LogP contribution in [0.4, 0.5) is 0 Å². The zero-order valence-corrected chi connectivity index (χ0v) is 28.5. The van der Waals surface area contributed by atoms with Gasteiger partial charge in [0.15, 0.2) is 19.8 Å². The minimum absolute atomic E-state index is 0.0359. The van der Waals surface area contributed by atoms with Gasteiger partial charge in [-0.3, -0.25) is 4.90 Å². The molecule has 2 fully saturated rings. The first-order chi connectivity index (χ1) is 20.5. The van der Waals surface area contributed by atoms with Crippen LogP contribution < -0.4 is 9.47 Å². The number of fused-ring (bicyclic) bond motifs is 4. The fraction of sp³-hybridized carbons (Fsp3) is 0.526. The van der Waals surface area contributed by atoms with Crippen molar-refractivity contribution < 1.29 is 13.9 Å². The summed E-state index contributed by atoms with van der Waals surface area (Å²) < 4.78 is 19.1. The molecule has 0 bridgehead atoms. The van der Waals surface area contributed by atoms with Crippen molar-refractivity contribution >= 4 is 8.32 Å². The number of rotatable bonds is 10. The van der Waals surface area contributed by atoms with Gasteiger partial charge >= 0.3 is 0 Å². The van der Waals surface area contributed by atoms with E-state index in [2.05, 4.69) is 118 Å². The van der Waals surface area contributed by atoms with Gasteiger partial charge in [-0.05, 0) is 96.5 Å². The van der Waals surface area contributed by atoms with E-state index < -0.39 is 8.32 Å². The predicted octanol–water partition coefficient (Wildman–Crippen LogP) is 8.81. The van der Waals surface area contributed by atoms with E-state index in [9.17, 15) is 0 Å². The second-order valence-corrected chi connectivity index (χ2v) is 19.6. The van der Waals surface area contributed by atoms with Crippen molar-refractivity contribution in [3.8, 4) is 11.5 Å². The maximum atomic E-state index is 7.44. The third kappa shape index (κ3) is 5.36. The standard InChI is InChI=1S/C38H51NO3Si/c1-26(28-17-13-10-14-18-28)39(24-27-15-11-9-12-16-27)25-31-30-19-20-38(36(30)31)32-23-34(41-6)33(40-5)21-29(32)22-35(38)42-43(7,8)37(2,3)4/h9-18,21,23,26,30-31,35-36H,19-20,22,24-25H2,1-8H3/t26-,30+,31+,35-,36+,38-/m1/s1. The summed E-state index contributed by atoms with van der Waals surface area (Å²) in [7, 11) is 1.51. The monoisotopic (exact) mass is 597 g/mol. The third-order valence-corrected chi connectivity index (χ3v) is 16.1. The summed E-state index contributed by atoms with van der Waals surface area (Å²) in [5.41, 5.74) is 5.67. The molecule has 0 radical (unpaired) electrons. The van der Waals surface area contributed by atoms with Crippen LogP contribution in [-0.2, 0) is 22.8 Å². The van der Waals surface area contributed by atoms with Gasteiger partial charge in [-0.15, -0.1) is 0 Å². The summed E-state index contributed by atoms with van der Waals surface area (Å²) in [6.07, 6.45) is 3.65. The lowest BCUT2D eigenvalue weighted by Gasteiger charge is -2.44. The molecule has 0 amide bonds. The fourth-order valence-electron chi connectivity index (χ4n) is 8.26. The lowest BCUT2D eigenvalue weighted by Crippen LogP contribution is -2.50. The van der Waals surface area contributed by atoms with Crippen LogP contribution in [0.3, 0.4) is 0 Å². The molecule has 43 heavy (non-hydrogen) atoms. The number of ether oxygens (including phenoxy) is 2. The van der Waals surface area contributed by atoms with E-state index in [-0.39, 0.29) is 16.6 Å². The highest BCUT2D eigenvalue weighted by Crippen LogP contribution is 2.71. The van der Waals surface area contributed by atoms with Crippen LogP contribution >= 0.6 is 0 Å². The highest BCUT2D eigenvalue weighted by molar-refractivity contribution is 6.74. The van der Waals surface area contributed by atoms with Gasteiger partial charge in [0.1, 0.15) is 0 Å². The zero-order valence-electron chi connectivity index (χ0n) is 27.5. The van der Waals surface area contributed by atoms with Crippen LogP contribution in [0.15, 0.2) is 72.8 Å². The van der Waals surface area contributed by atoms with E-state index >= 15 is 0 Å². The topological polar surface area (TPSA) is 30.9 Å². The smallest absolute Gasteiger partial charge is 0.192 e. The summed E-state index contributed by atoms with van der Waals surface area (Å²) in [5.74, 6) is 3.71. The first-order valence-electron chi connectivity index (χ1n) is 16.3. The van der Waals surface area contributed by atoms with Crippen LogP contribution in [-0.4, -0.2) is 40.1 Å². The molecule has 6 atom stereocenters. The van der Waals surface area contributed by atoms with Crippen LogP contribution in [0.1, 0.15) is 68.8 Å². The Bertz CT molecular complexity index is 1420. The minimum atomic E-state index is -2.00. The van der Waals surface area contributed by atoms with E-state index in [1.807, 2.05) is 0 Å². The highest BCUT2D eigenvalue weighted by atomic mass is 28.4. The molecule has 3 aliphatic carbocycles. The second-order valence-electron chi connectivity index (χ2n) is 14.9. The van der Waals surface area contributed by atoms with Crippen LogP contribution in [0.2, 0.25) is 18.1 Å². The number of hydrogen-bond acceptors (Lipinski definition) is 4. The molecule has 3 aromatic rings. The summed E-state index contributed by atoms with van der Waals surface area (Å²) in [6.45, 7) is 16.4. The van der Waals surface area contributed by atoms with Crippen LogP contribution in [0, 0.1) is 17.8 Å². The molecule has 230 valence electrons. The fourth-order valence-corrected chi connectivity index (χ4v) is 9.62. The molecule has 0 saturated heterocycles. The maximum Gasteiger partial charge on any atom is 0.192 e. The molecule has 0 heterocycles. The lowest BCUT2D eigenvalue weighted by atomic mass is 9.74. The Kier molecular flexibility index (Phi) is 8.06. The van der Waals surface area contributed by atoms with Crippen molar-refractivity contribution in [2.24, 2.45) is 17.8 Å². The summed E-state index contributed by atoms with van der Waals surface area (Å²) in [5, 5.41) is 0.164. The Morgan fingerprint density at radius 3 is 2.19 bits per heavy atom. The molecule has 2 saturated carbocycles. The normalized spacial score (nSPS) is 26.8. The van der Waals surface area contributed by atoms with Crippen molar-refractivity contribution in [2.45, 2.75) is 89.2 Å². The van der Waals surface area contributed by atoms with Crippen molar-refractivity contribution in [2.75, 3.05) is 20.8 Å². The van der Waals surface area contributed by atoms with E-state index in [0.717, 1.165) is 36.9 Å². The van der Waals surface area contributed by atoms with Crippen molar-refractivity contribution in [3.63, 3.8) is 0 Å². The Hall–Kier alpha value is -2.60. The molecule has 5 heteroatoms. The predicted molar refractivity (Wildman–Crippen MR) is 178 cm³/mol. The molecule has 0 unspecified atom stereocenters. The summed E-state index contributed by atoms with van der Waals surface area (Å²) in [4.78, 5) is 2.73. The lowest BCUT2D eigenvalue weighted by molar-refractivity contribution is 0.0831. The first-order valence-corrected chi connectivity index (χ1v) is 19.2. The molecular formula is C38H51NO3Si. The second kappa shape index (κ2) is 11.4. The van der Waals surface area contributed by atoms with Gasteiger partial charge in [-0.25, -0.2) is 0 Å². The van der Waals surface area contributed by atoms with E-state index in [1.165, 1.54) is 35.1 Å². The Labute approximate surface area is 260 Å². The van der Waals surface area contributed by atoms with Gasteiger partial charge in [-0.2, -0.15) is 0 Å². The number of nitrogens with zero attached hydrogens (tertiary/aromatic N) is 1. The van der Waals surface area contributed by atoms with Crippen molar-refractivity contribution in [1.29, 1.82) is 0 Å². The molecular weight excluding hydrogens is 547 g/mol. The summed E-state index contributed by atoms with van der Waals surface area (Å²) in [6, 6.07) is 26.9. The molecule has 0 aliphatic heterocycles. The molecule has 1 spiro atoms. The van der Waals surface area contributed by atoms with E-state index in [0.29, 0.717) is 17.9 Å². The molecule has 3 aliphatic rings. The third-order valence-electron chi connectivity index (χ3n) is 11.7. The molecule has 3 aromatic carbocycles. The van der Waals surface area contributed by atoms with E-state index in [4.69, 9.17) is 13.9 Å². The van der Waals surface area contributed by atoms with Crippen molar-refractivity contribution in [1.82, 2.24) is 4.90 Å². The maximum absolute atomic E-state index is 7.44. The average Bonchev–Trinajstić information content (AvgIpc) is 3.40. The minimum Gasteiger partial charge on any atom is -0.493 e. The van der Waals surface area contributed by atoms with Crippen molar-refractivity contribution in [3.05, 3.63) is 95.1 Å². The van der Waals surface area contributed by atoms with Crippen LogP contribution in [0.5, 0.6) is 11.5 Å². The van der Waals surface area contributed by atoms with Gasteiger partial charge < -0.3 is 13.9 Å². The average molecular weight is 598 g/mol. The van der Waals surface area contributed by atoms with Gasteiger partial charge in [-0.1, -0.05) is 81.4 Å². The molecule has 6 rings (SSSR count). The number of benzene rings is 3. The van der Waals surface area contributed by atoms with Gasteiger partial charge in [0, 0.05) is 24.5 Å². The first kappa shape index (κ1) is 30.4. The number of hydrogen-bond donors (Lipinski definition) is 0. The van der Waals surface area contributed by atoms with Gasteiger partial charge in [0.05, 0.1) is 20.3 Å². The summed E-state index contributed by atoms with van der Waals surface area (Å²) >= 11 is 0. The molecule has 4 nitrogen and oxygen atoms in total. The zero-order chi connectivity index (χ0) is 30.6. The largest absolute Gasteiger partial charge is 0.493 e.